The van der Waals surface area contributed by atoms with Gasteiger partial charge in [0, 0.05) is 16.9 Å². The summed E-state index contributed by atoms with van der Waals surface area (Å²) >= 11 is 12.0. The van der Waals surface area contributed by atoms with Crippen LogP contribution in [0.4, 0.5) is 17.3 Å². The van der Waals surface area contributed by atoms with Gasteiger partial charge in [-0.05, 0) is 12.1 Å². The number of nitrogens with two attached hydrogens (primary N) is 3. The second-order valence-electron chi connectivity index (χ2n) is 3.39. The first-order valence-electron chi connectivity index (χ1n) is 4.63. The molecule has 0 aliphatic carbocycles. The molecule has 5 nitrogen and oxygen atoms in total. The van der Waals surface area contributed by atoms with Crippen LogP contribution in [0.25, 0.3) is 11.1 Å². The van der Waals surface area contributed by atoms with E-state index in [1.54, 1.807) is 18.2 Å². The van der Waals surface area contributed by atoms with Gasteiger partial charge in [-0.2, -0.15) is 0 Å². The zero-order valence-electron chi connectivity index (χ0n) is 8.61. The first-order valence-corrected chi connectivity index (χ1v) is 5.38. The molecule has 0 aliphatic heterocycles. The zero-order chi connectivity index (χ0) is 12.6. The van der Waals surface area contributed by atoms with Gasteiger partial charge in [0.2, 0.25) is 5.95 Å². The SMILES string of the molecule is Nc1ccc(-c2c(Cl)nc(N)nc2Cl)c(N)c1. The number of halogens is 2. The minimum atomic E-state index is 0.0118. The molecule has 1 aromatic heterocycles. The Labute approximate surface area is 108 Å². The Balaban J connectivity index is 2.68. The maximum Gasteiger partial charge on any atom is 0.222 e. The van der Waals surface area contributed by atoms with E-state index < -0.39 is 0 Å². The molecule has 0 fully saturated rings. The molecule has 0 saturated heterocycles. The molecule has 0 atom stereocenters. The van der Waals surface area contributed by atoms with Crippen molar-refractivity contribution in [1.29, 1.82) is 0 Å². The minimum Gasteiger partial charge on any atom is -0.399 e. The number of anilines is 3. The minimum absolute atomic E-state index is 0.0118. The van der Waals surface area contributed by atoms with Crippen LogP contribution in [0.2, 0.25) is 10.3 Å². The van der Waals surface area contributed by atoms with Gasteiger partial charge >= 0.3 is 0 Å². The largest absolute Gasteiger partial charge is 0.399 e. The molecule has 0 unspecified atom stereocenters. The number of rotatable bonds is 1. The number of nitrogens with zero attached hydrogens (tertiary/aromatic N) is 2. The van der Waals surface area contributed by atoms with E-state index in [0.717, 1.165) is 0 Å². The molecule has 0 radical (unpaired) electrons. The van der Waals surface area contributed by atoms with Gasteiger partial charge in [0.05, 0.1) is 5.56 Å². The third kappa shape index (κ3) is 2.20. The molecular formula is C10H9Cl2N5. The standard InChI is InChI=1S/C10H9Cl2N5/c11-8-7(9(12)17-10(15)16-8)5-2-1-4(13)3-6(5)14/h1-3H,13-14H2,(H2,15,16,17). The molecule has 7 heteroatoms. The molecular weight excluding hydrogens is 261 g/mol. The van der Waals surface area contributed by atoms with Crippen molar-refractivity contribution < 1.29 is 0 Å². The Morgan fingerprint density at radius 3 is 2.06 bits per heavy atom. The van der Waals surface area contributed by atoms with Crippen LogP contribution in [0.5, 0.6) is 0 Å². The summed E-state index contributed by atoms with van der Waals surface area (Å²) in [7, 11) is 0. The van der Waals surface area contributed by atoms with Crippen molar-refractivity contribution in [2.75, 3.05) is 17.2 Å². The number of hydrogen-bond acceptors (Lipinski definition) is 5. The molecule has 0 saturated carbocycles. The maximum atomic E-state index is 5.98. The molecule has 2 rings (SSSR count). The van der Waals surface area contributed by atoms with Gasteiger partial charge in [-0.25, -0.2) is 9.97 Å². The Bertz CT molecular complexity index is 562. The molecule has 17 heavy (non-hydrogen) atoms. The maximum absolute atomic E-state index is 5.98. The number of nitrogen functional groups attached to an aromatic ring is 3. The van der Waals surface area contributed by atoms with Crippen LogP contribution in [0.1, 0.15) is 0 Å². The molecule has 0 amide bonds. The van der Waals surface area contributed by atoms with Crippen molar-refractivity contribution in [3.8, 4) is 11.1 Å². The lowest BCUT2D eigenvalue weighted by Crippen LogP contribution is -2.00. The number of hydrogen-bond donors (Lipinski definition) is 3. The summed E-state index contributed by atoms with van der Waals surface area (Å²) in [5.41, 5.74) is 18.9. The summed E-state index contributed by atoms with van der Waals surface area (Å²) in [5, 5.41) is 0.304. The average Bonchev–Trinajstić information content (AvgIpc) is 2.19. The van der Waals surface area contributed by atoms with Crippen molar-refractivity contribution >= 4 is 40.5 Å². The van der Waals surface area contributed by atoms with Crippen LogP contribution in [0.15, 0.2) is 18.2 Å². The van der Waals surface area contributed by atoms with Gasteiger partial charge in [0.1, 0.15) is 10.3 Å². The van der Waals surface area contributed by atoms with Crippen molar-refractivity contribution in [3.05, 3.63) is 28.5 Å². The predicted octanol–water partition coefficient (Wildman–Crippen LogP) is 2.20. The highest BCUT2D eigenvalue weighted by atomic mass is 35.5. The van der Waals surface area contributed by atoms with E-state index in [4.69, 9.17) is 40.4 Å². The highest BCUT2D eigenvalue weighted by Gasteiger charge is 2.15. The summed E-state index contributed by atoms with van der Waals surface area (Å²) in [5.74, 6) is 0.0118. The summed E-state index contributed by atoms with van der Waals surface area (Å²) in [4.78, 5) is 7.67. The lowest BCUT2D eigenvalue weighted by molar-refractivity contribution is 1.19. The molecule has 2 aromatic rings. The third-order valence-electron chi connectivity index (χ3n) is 2.18. The zero-order valence-corrected chi connectivity index (χ0v) is 10.1. The van der Waals surface area contributed by atoms with E-state index in [1.165, 1.54) is 0 Å². The van der Waals surface area contributed by atoms with Gasteiger partial charge in [-0.1, -0.05) is 29.3 Å². The highest BCUT2D eigenvalue weighted by molar-refractivity contribution is 6.38. The smallest absolute Gasteiger partial charge is 0.222 e. The fourth-order valence-corrected chi connectivity index (χ4v) is 2.06. The van der Waals surface area contributed by atoms with E-state index in [9.17, 15) is 0 Å². The van der Waals surface area contributed by atoms with Crippen LogP contribution in [0.3, 0.4) is 0 Å². The van der Waals surface area contributed by atoms with Gasteiger partial charge in [0.25, 0.3) is 0 Å². The topological polar surface area (TPSA) is 104 Å². The molecule has 88 valence electrons. The molecule has 6 N–H and O–H groups in total. The summed E-state index contributed by atoms with van der Waals surface area (Å²) in [6, 6.07) is 5.00. The summed E-state index contributed by atoms with van der Waals surface area (Å²) in [6.07, 6.45) is 0. The van der Waals surface area contributed by atoms with E-state index in [1.807, 2.05) is 0 Å². The van der Waals surface area contributed by atoms with Crippen LogP contribution < -0.4 is 17.2 Å². The van der Waals surface area contributed by atoms with Crippen LogP contribution in [0, 0.1) is 0 Å². The van der Waals surface area contributed by atoms with E-state index >= 15 is 0 Å². The van der Waals surface area contributed by atoms with Gasteiger partial charge in [-0.3, -0.25) is 0 Å². The second kappa shape index (κ2) is 4.27. The van der Waals surface area contributed by atoms with Crippen LogP contribution in [-0.2, 0) is 0 Å². The fraction of sp³-hybridized carbons (Fsp3) is 0. The summed E-state index contributed by atoms with van der Waals surface area (Å²) in [6.45, 7) is 0. The first kappa shape index (κ1) is 11.8. The monoisotopic (exact) mass is 269 g/mol. The number of benzene rings is 1. The quantitative estimate of drug-likeness (QED) is 0.544. The first-order chi connectivity index (χ1) is 7.99. The average molecular weight is 270 g/mol. The molecule has 0 spiro atoms. The van der Waals surface area contributed by atoms with E-state index in [0.29, 0.717) is 22.5 Å². The number of aromatic nitrogens is 2. The molecule has 0 bridgehead atoms. The second-order valence-corrected chi connectivity index (χ2v) is 4.10. The summed E-state index contributed by atoms with van der Waals surface area (Å²) < 4.78 is 0. The third-order valence-corrected chi connectivity index (χ3v) is 2.73. The Morgan fingerprint density at radius 2 is 1.53 bits per heavy atom. The van der Waals surface area contributed by atoms with E-state index in [-0.39, 0.29) is 16.3 Å². The normalized spacial score (nSPS) is 10.5. The van der Waals surface area contributed by atoms with E-state index in [2.05, 4.69) is 9.97 Å². The Morgan fingerprint density at radius 1 is 0.941 bits per heavy atom. The van der Waals surface area contributed by atoms with Crippen LogP contribution in [-0.4, -0.2) is 9.97 Å². The predicted molar refractivity (Wildman–Crippen MR) is 70.7 cm³/mol. The lowest BCUT2D eigenvalue weighted by atomic mass is 10.1. The highest BCUT2D eigenvalue weighted by Crippen LogP contribution is 2.36. The Hall–Kier alpha value is -1.72. The van der Waals surface area contributed by atoms with Crippen LogP contribution >= 0.6 is 23.2 Å². The Kier molecular flexibility index (Phi) is 2.95. The molecule has 1 heterocycles. The van der Waals surface area contributed by atoms with Crippen molar-refractivity contribution in [1.82, 2.24) is 9.97 Å². The van der Waals surface area contributed by atoms with Gasteiger partial charge < -0.3 is 17.2 Å². The molecule has 0 aliphatic rings. The van der Waals surface area contributed by atoms with Gasteiger partial charge in [0.15, 0.2) is 0 Å². The lowest BCUT2D eigenvalue weighted by Gasteiger charge is -2.09. The van der Waals surface area contributed by atoms with Crippen molar-refractivity contribution in [2.45, 2.75) is 0 Å². The van der Waals surface area contributed by atoms with Gasteiger partial charge in [-0.15, -0.1) is 0 Å². The molecule has 1 aromatic carbocycles. The van der Waals surface area contributed by atoms with Crippen molar-refractivity contribution in [2.24, 2.45) is 0 Å². The van der Waals surface area contributed by atoms with Crippen molar-refractivity contribution in [3.63, 3.8) is 0 Å². The fourth-order valence-electron chi connectivity index (χ4n) is 1.45.